The highest BCUT2D eigenvalue weighted by Gasteiger charge is 2.33. The van der Waals surface area contributed by atoms with E-state index in [1.165, 1.54) is 6.07 Å². The summed E-state index contributed by atoms with van der Waals surface area (Å²) in [4.78, 5) is 1.87. The third-order valence-electron chi connectivity index (χ3n) is 3.16. The molecule has 0 saturated carbocycles. The van der Waals surface area contributed by atoms with E-state index in [1.54, 1.807) is 13.2 Å². The Morgan fingerprint density at radius 1 is 1.35 bits per heavy atom. The lowest BCUT2D eigenvalue weighted by molar-refractivity contribution is -0.138. The maximum absolute atomic E-state index is 13.0. The minimum absolute atomic E-state index is 0.00654. The van der Waals surface area contributed by atoms with Gasteiger partial charge in [-0.1, -0.05) is 6.07 Å². The maximum Gasteiger partial charge on any atom is 0.416 e. The van der Waals surface area contributed by atoms with Gasteiger partial charge in [-0.15, -0.1) is 11.6 Å². The normalized spacial score (nSPS) is 13.3. The van der Waals surface area contributed by atoms with Crippen molar-refractivity contribution in [3.05, 3.63) is 29.3 Å². The minimum Gasteiger partial charge on any atom is -0.383 e. The van der Waals surface area contributed by atoms with Crippen LogP contribution in [0.5, 0.6) is 0 Å². The quantitative estimate of drug-likeness (QED) is 0.726. The average molecular weight is 310 g/mol. The molecule has 0 N–H and O–H groups in total. The van der Waals surface area contributed by atoms with E-state index in [-0.39, 0.29) is 17.5 Å². The Bertz CT molecular complexity index is 437. The number of nitrogens with zero attached hydrogens (tertiary/aromatic N) is 1. The van der Waals surface area contributed by atoms with Crippen LogP contribution in [0.15, 0.2) is 18.2 Å². The fourth-order valence-electron chi connectivity index (χ4n) is 2.20. The lowest BCUT2D eigenvalue weighted by atomic mass is 10.1. The Morgan fingerprint density at radius 2 is 2.00 bits per heavy atom. The zero-order valence-corrected chi connectivity index (χ0v) is 12.6. The van der Waals surface area contributed by atoms with E-state index in [9.17, 15) is 13.2 Å². The van der Waals surface area contributed by atoms with Gasteiger partial charge in [-0.25, -0.2) is 0 Å². The van der Waals surface area contributed by atoms with Gasteiger partial charge in [0.25, 0.3) is 0 Å². The molecule has 0 radical (unpaired) electrons. The molecule has 0 aliphatic rings. The fraction of sp³-hybridized carbons (Fsp3) is 0.571. The number of hydrogen-bond acceptors (Lipinski definition) is 2. The second kappa shape index (κ2) is 7.18. The molecule has 0 saturated heterocycles. The zero-order valence-electron chi connectivity index (χ0n) is 11.8. The van der Waals surface area contributed by atoms with Crippen molar-refractivity contribution in [3.8, 4) is 0 Å². The van der Waals surface area contributed by atoms with Crippen LogP contribution in [0.25, 0.3) is 0 Å². The first kappa shape index (κ1) is 17.1. The van der Waals surface area contributed by atoms with Gasteiger partial charge in [0, 0.05) is 31.3 Å². The Morgan fingerprint density at radius 3 is 2.45 bits per heavy atom. The predicted octanol–water partition coefficient (Wildman–Crippen LogP) is 4.31. The number of benzene rings is 1. The summed E-state index contributed by atoms with van der Waals surface area (Å²) in [5.74, 6) is -0.158. The maximum atomic E-state index is 13.0. The molecule has 0 amide bonds. The largest absolute Gasteiger partial charge is 0.416 e. The van der Waals surface area contributed by atoms with E-state index in [2.05, 4.69) is 0 Å². The van der Waals surface area contributed by atoms with Crippen LogP contribution in [0.3, 0.4) is 0 Å². The number of methoxy groups -OCH3 is 1. The molecule has 1 aromatic rings. The van der Waals surface area contributed by atoms with Crippen LogP contribution in [0.2, 0.25) is 0 Å². The SMILES string of the molecule is CCN(c1ccc(CCl)c(C(F)(F)F)c1)C(C)COC. The van der Waals surface area contributed by atoms with Gasteiger partial charge in [-0.3, -0.25) is 0 Å². The summed E-state index contributed by atoms with van der Waals surface area (Å²) in [6.45, 7) is 4.86. The van der Waals surface area contributed by atoms with Crippen LogP contribution >= 0.6 is 11.6 Å². The van der Waals surface area contributed by atoms with Crippen LogP contribution in [0, 0.1) is 0 Å². The molecule has 0 aliphatic heterocycles. The summed E-state index contributed by atoms with van der Waals surface area (Å²) in [6.07, 6.45) is -4.40. The van der Waals surface area contributed by atoms with Crippen molar-refractivity contribution in [2.75, 3.05) is 25.2 Å². The zero-order chi connectivity index (χ0) is 15.3. The fourth-order valence-corrected chi connectivity index (χ4v) is 2.44. The number of likely N-dealkylation sites (N-methyl/N-ethyl adjacent to an activating group) is 1. The van der Waals surface area contributed by atoms with Gasteiger partial charge in [0.15, 0.2) is 0 Å². The molecule has 1 unspecified atom stereocenters. The van der Waals surface area contributed by atoms with Gasteiger partial charge in [0.05, 0.1) is 12.2 Å². The van der Waals surface area contributed by atoms with Gasteiger partial charge < -0.3 is 9.64 Å². The van der Waals surface area contributed by atoms with Gasteiger partial charge >= 0.3 is 6.18 Å². The summed E-state index contributed by atoms with van der Waals surface area (Å²) in [5, 5.41) is 0. The van der Waals surface area contributed by atoms with Crippen LogP contribution in [0.4, 0.5) is 18.9 Å². The number of hydrogen-bond donors (Lipinski definition) is 0. The second-order valence-electron chi connectivity index (χ2n) is 4.56. The molecule has 114 valence electrons. The molecule has 1 rings (SSSR count). The molecule has 20 heavy (non-hydrogen) atoms. The highest BCUT2D eigenvalue weighted by atomic mass is 35.5. The summed E-state index contributed by atoms with van der Waals surface area (Å²) >= 11 is 5.58. The van der Waals surface area contributed by atoms with Crippen molar-refractivity contribution in [3.63, 3.8) is 0 Å². The van der Waals surface area contributed by atoms with Gasteiger partial charge in [-0.05, 0) is 31.5 Å². The molecule has 0 aromatic heterocycles. The Labute approximate surface area is 122 Å². The highest BCUT2D eigenvalue weighted by Crippen LogP contribution is 2.35. The summed E-state index contributed by atoms with van der Waals surface area (Å²) in [7, 11) is 1.57. The van der Waals surface area contributed by atoms with Gasteiger partial charge in [0.1, 0.15) is 0 Å². The van der Waals surface area contributed by atoms with Crippen molar-refractivity contribution in [1.82, 2.24) is 0 Å². The average Bonchev–Trinajstić information content (AvgIpc) is 2.38. The first-order valence-corrected chi connectivity index (χ1v) is 6.90. The minimum atomic E-state index is -4.40. The highest BCUT2D eigenvalue weighted by molar-refractivity contribution is 6.17. The lowest BCUT2D eigenvalue weighted by Gasteiger charge is -2.30. The number of rotatable bonds is 6. The molecule has 0 bridgehead atoms. The molecule has 1 atom stereocenters. The van der Waals surface area contributed by atoms with Crippen LogP contribution in [-0.2, 0) is 16.8 Å². The number of anilines is 1. The molecule has 2 nitrogen and oxygen atoms in total. The van der Waals surface area contributed by atoms with E-state index >= 15 is 0 Å². The topological polar surface area (TPSA) is 12.5 Å². The van der Waals surface area contributed by atoms with Crippen molar-refractivity contribution in [1.29, 1.82) is 0 Å². The van der Waals surface area contributed by atoms with Crippen LogP contribution < -0.4 is 4.90 Å². The third-order valence-corrected chi connectivity index (χ3v) is 3.44. The van der Waals surface area contributed by atoms with Crippen molar-refractivity contribution in [2.45, 2.75) is 31.9 Å². The summed E-state index contributed by atoms with van der Waals surface area (Å²) in [5.41, 5.74) is -0.0512. The standard InChI is InChI=1S/C14H19ClF3NO/c1-4-19(10(2)9-20-3)12-6-5-11(8-15)13(7-12)14(16,17)18/h5-7,10H,4,8-9H2,1-3H3. The summed E-state index contributed by atoms with van der Waals surface area (Å²) in [6, 6.07) is 4.26. The monoisotopic (exact) mass is 309 g/mol. The van der Waals surface area contributed by atoms with Crippen molar-refractivity contribution in [2.24, 2.45) is 0 Å². The number of halogens is 4. The van der Waals surface area contributed by atoms with E-state index in [0.717, 1.165) is 6.07 Å². The Kier molecular flexibility index (Phi) is 6.14. The third kappa shape index (κ3) is 4.03. The van der Waals surface area contributed by atoms with Gasteiger partial charge in [-0.2, -0.15) is 13.2 Å². The molecule has 0 fully saturated rings. The predicted molar refractivity (Wildman–Crippen MR) is 75.4 cm³/mol. The van der Waals surface area contributed by atoms with Crippen molar-refractivity contribution >= 4 is 17.3 Å². The van der Waals surface area contributed by atoms with Crippen molar-refractivity contribution < 1.29 is 17.9 Å². The lowest BCUT2D eigenvalue weighted by Crippen LogP contribution is -2.36. The molecular weight excluding hydrogens is 291 g/mol. The molecule has 1 aromatic carbocycles. The molecule has 0 spiro atoms. The first-order valence-electron chi connectivity index (χ1n) is 6.36. The van der Waals surface area contributed by atoms with E-state index in [0.29, 0.717) is 18.8 Å². The van der Waals surface area contributed by atoms with E-state index in [4.69, 9.17) is 16.3 Å². The van der Waals surface area contributed by atoms with Crippen LogP contribution in [-0.4, -0.2) is 26.3 Å². The van der Waals surface area contributed by atoms with E-state index < -0.39 is 11.7 Å². The first-order chi connectivity index (χ1) is 9.35. The smallest absolute Gasteiger partial charge is 0.383 e. The van der Waals surface area contributed by atoms with E-state index in [1.807, 2.05) is 18.7 Å². The molecule has 6 heteroatoms. The molecular formula is C14H19ClF3NO. The Balaban J connectivity index is 3.18. The summed E-state index contributed by atoms with van der Waals surface area (Å²) < 4.78 is 44.2. The van der Waals surface area contributed by atoms with Gasteiger partial charge in [0.2, 0.25) is 0 Å². The number of ether oxygens (including phenoxy) is 1. The molecule has 0 heterocycles. The Hall–Kier alpha value is -0.940. The molecule has 0 aliphatic carbocycles. The number of alkyl halides is 4. The second-order valence-corrected chi connectivity index (χ2v) is 4.83. The van der Waals surface area contributed by atoms with Crippen LogP contribution in [0.1, 0.15) is 25.0 Å².